The smallest absolute Gasteiger partial charge is 0.214 e. The number of benzene rings is 1. The highest BCUT2D eigenvalue weighted by atomic mass is 35.5. The molecule has 3 heterocycles. The molecule has 142 valence electrons. The zero-order valence-corrected chi connectivity index (χ0v) is 16.2. The van der Waals surface area contributed by atoms with Crippen LogP contribution >= 0.6 is 11.6 Å². The van der Waals surface area contributed by atoms with Crippen molar-refractivity contribution >= 4 is 11.6 Å². The molecular formula is C19H25ClN6O+2. The number of furan rings is 1. The summed E-state index contributed by atoms with van der Waals surface area (Å²) in [4.78, 5) is 3.10. The van der Waals surface area contributed by atoms with Crippen LogP contribution in [0.4, 0.5) is 0 Å². The SMILES string of the molecule is CC[NH+]1CC[NH+]([C@H](c2ccccc2Cl)c2nnnn2Cc2ccco2)CC1. The van der Waals surface area contributed by atoms with Crippen molar-refractivity contribution < 1.29 is 14.2 Å². The van der Waals surface area contributed by atoms with E-state index in [4.69, 9.17) is 16.0 Å². The van der Waals surface area contributed by atoms with Gasteiger partial charge in [0.2, 0.25) is 5.82 Å². The van der Waals surface area contributed by atoms with Crippen molar-refractivity contribution in [3.05, 3.63) is 64.8 Å². The zero-order chi connectivity index (χ0) is 18.6. The standard InChI is InChI=1S/C19H23ClN6O/c1-2-24-9-11-25(12-10-24)18(16-7-3-4-8-17(16)20)19-21-22-23-26(19)14-15-6-5-13-27-15/h3-8,13,18H,2,9-12,14H2,1H3/p+2/t18-/m1/s1. The van der Waals surface area contributed by atoms with Crippen LogP contribution in [-0.4, -0.2) is 52.9 Å². The van der Waals surface area contributed by atoms with Crippen LogP contribution in [0.5, 0.6) is 0 Å². The highest BCUT2D eigenvalue weighted by Gasteiger charge is 2.36. The lowest BCUT2D eigenvalue weighted by atomic mass is 10.0. The lowest BCUT2D eigenvalue weighted by Gasteiger charge is -2.34. The molecule has 0 bridgehead atoms. The normalized spacial score (nSPS) is 21.3. The molecule has 27 heavy (non-hydrogen) atoms. The van der Waals surface area contributed by atoms with Crippen LogP contribution in [0.25, 0.3) is 0 Å². The predicted octanol–water partition coefficient (Wildman–Crippen LogP) is -0.139. The van der Waals surface area contributed by atoms with Crippen LogP contribution < -0.4 is 9.80 Å². The van der Waals surface area contributed by atoms with Gasteiger partial charge in [-0.3, -0.25) is 0 Å². The lowest BCUT2D eigenvalue weighted by Crippen LogP contribution is -3.28. The van der Waals surface area contributed by atoms with Crippen molar-refractivity contribution in [1.82, 2.24) is 20.2 Å². The van der Waals surface area contributed by atoms with E-state index in [-0.39, 0.29) is 6.04 Å². The minimum atomic E-state index is 0.00192. The second-order valence-electron chi connectivity index (χ2n) is 6.99. The fourth-order valence-electron chi connectivity index (χ4n) is 3.90. The van der Waals surface area contributed by atoms with Gasteiger partial charge >= 0.3 is 0 Å². The highest BCUT2D eigenvalue weighted by Crippen LogP contribution is 2.25. The Labute approximate surface area is 163 Å². The molecule has 4 rings (SSSR count). The molecule has 0 unspecified atom stereocenters. The number of quaternary nitrogens is 2. The fourth-order valence-corrected chi connectivity index (χ4v) is 4.14. The molecule has 1 aliphatic rings. The van der Waals surface area contributed by atoms with E-state index in [1.165, 1.54) is 11.4 Å². The average molecular weight is 389 g/mol. The van der Waals surface area contributed by atoms with E-state index in [1.54, 1.807) is 11.2 Å². The molecular weight excluding hydrogens is 364 g/mol. The van der Waals surface area contributed by atoms with Crippen molar-refractivity contribution in [2.24, 2.45) is 0 Å². The molecule has 1 saturated heterocycles. The Kier molecular flexibility index (Phi) is 5.52. The summed E-state index contributed by atoms with van der Waals surface area (Å²) in [7, 11) is 0. The Hall–Kier alpha value is -2.22. The third-order valence-electron chi connectivity index (χ3n) is 5.43. The van der Waals surface area contributed by atoms with Gasteiger partial charge in [0.1, 0.15) is 38.5 Å². The summed E-state index contributed by atoms with van der Waals surface area (Å²) in [5.41, 5.74) is 1.07. The lowest BCUT2D eigenvalue weighted by molar-refractivity contribution is -1.02. The van der Waals surface area contributed by atoms with Gasteiger partial charge in [-0.2, -0.15) is 0 Å². The number of rotatable bonds is 6. The first-order chi connectivity index (χ1) is 13.3. The van der Waals surface area contributed by atoms with Crippen LogP contribution in [0.2, 0.25) is 5.02 Å². The van der Waals surface area contributed by atoms with E-state index in [1.807, 2.05) is 35.0 Å². The molecule has 2 N–H and O–H groups in total. The Morgan fingerprint density at radius 1 is 1.15 bits per heavy atom. The molecule has 1 fully saturated rings. The summed E-state index contributed by atoms with van der Waals surface area (Å²) >= 11 is 6.59. The monoisotopic (exact) mass is 388 g/mol. The maximum absolute atomic E-state index is 6.59. The van der Waals surface area contributed by atoms with E-state index < -0.39 is 0 Å². The average Bonchev–Trinajstić information content (AvgIpc) is 3.37. The van der Waals surface area contributed by atoms with Crippen LogP contribution in [-0.2, 0) is 6.54 Å². The molecule has 0 amide bonds. The second kappa shape index (κ2) is 8.21. The highest BCUT2D eigenvalue weighted by molar-refractivity contribution is 6.31. The number of halogens is 1. The first kappa shape index (κ1) is 18.2. The number of piperazine rings is 1. The molecule has 7 nitrogen and oxygen atoms in total. The topological polar surface area (TPSA) is 65.6 Å². The van der Waals surface area contributed by atoms with Gasteiger partial charge in [0.25, 0.3) is 0 Å². The van der Waals surface area contributed by atoms with Gasteiger partial charge in [-0.15, -0.1) is 5.10 Å². The van der Waals surface area contributed by atoms with Crippen LogP contribution in [0, 0.1) is 0 Å². The van der Waals surface area contributed by atoms with Gasteiger partial charge in [0.05, 0.1) is 17.8 Å². The van der Waals surface area contributed by atoms with Crippen LogP contribution in [0.1, 0.15) is 30.1 Å². The molecule has 3 aromatic rings. The quantitative estimate of drug-likeness (QED) is 0.617. The van der Waals surface area contributed by atoms with Crippen molar-refractivity contribution in [3.8, 4) is 0 Å². The van der Waals surface area contributed by atoms with Crippen molar-refractivity contribution in [2.75, 3.05) is 32.7 Å². The van der Waals surface area contributed by atoms with Gasteiger partial charge in [0, 0.05) is 5.56 Å². The summed E-state index contributed by atoms with van der Waals surface area (Å²) in [5, 5.41) is 13.4. The Bertz CT molecular complexity index is 857. The van der Waals surface area contributed by atoms with Gasteiger partial charge in [-0.25, -0.2) is 4.68 Å². The van der Waals surface area contributed by atoms with E-state index in [2.05, 4.69) is 28.5 Å². The van der Waals surface area contributed by atoms with E-state index >= 15 is 0 Å². The molecule has 0 saturated carbocycles. The van der Waals surface area contributed by atoms with Gasteiger partial charge in [0.15, 0.2) is 6.04 Å². The zero-order valence-electron chi connectivity index (χ0n) is 15.4. The van der Waals surface area contributed by atoms with Crippen molar-refractivity contribution in [1.29, 1.82) is 0 Å². The van der Waals surface area contributed by atoms with E-state index in [0.29, 0.717) is 6.54 Å². The van der Waals surface area contributed by atoms with Crippen molar-refractivity contribution in [2.45, 2.75) is 19.5 Å². The van der Waals surface area contributed by atoms with Gasteiger partial charge < -0.3 is 14.2 Å². The predicted molar refractivity (Wildman–Crippen MR) is 101 cm³/mol. The summed E-state index contributed by atoms with van der Waals surface area (Å²) in [6, 6.07) is 11.8. The van der Waals surface area contributed by atoms with Crippen LogP contribution in [0.15, 0.2) is 47.1 Å². The molecule has 1 aromatic carbocycles. The minimum Gasteiger partial charge on any atom is -0.467 e. The number of hydrogen-bond donors (Lipinski definition) is 2. The number of tetrazole rings is 1. The third-order valence-corrected chi connectivity index (χ3v) is 5.77. The molecule has 1 aliphatic heterocycles. The molecule has 0 radical (unpaired) electrons. The van der Waals surface area contributed by atoms with Crippen LogP contribution in [0.3, 0.4) is 0 Å². The number of aromatic nitrogens is 4. The maximum atomic E-state index is 6.59. The van der Waals surface area contributed by atoms with E-state index in [9.17, 15) is 0 Å². The molecule has 8 heteroatoms. The summed E-state index contributed by atoms with van der Waals surface area (Å²) in [5.74, 6) is 1.66. The molecule has 0 spiro atoms. The number of likely N-dealkylation sites (N-methyl/N-ethyl adjacent to an activating group) is 1. The first-order valence-corrected chi connectivity index (χ1v) is 9.85. The Balaban J connectivity index is 1.69. The fraction of sp³-hybridized carbons (Fsp3) is 0.421. The van der Waals surface area contributed by atoms with Crippen molar-refractivity contribution in [3.63, 3.8) is 0 Å². The summed E-state index contributed by atoms with van der Waals surface area (Å²) < 4.78 is 7.32. The minimum absolute atomic E-state index is 0.00192. The largest absolute Gasteiger partial charge is 0.467 e. The first-order valence-electron chi connectivity index (χ1n) is 9.47. The Morgan fingerprint density at radius 3 is 2.67 bits per heavy atom. The molecule has 2 aromatic heterocycles. The summed E-state index contributed by atoms with van der Waals surface area (Å²) in [6.07, 6.45) is 1.67. The maximum Gasteiger partial charge on any atom is 0.214 e. The molecule has 0 aliphatic carbocycles. The van der Waals surface area contributed by atoms with Gasteiger partial charge in [-0.1, -0.05) is 29.8 Å². The molecule has 1 atom stereocenters. The number of nitrogens with zero attached hydrogens (tertiary/aromatic N) is 4. The third kappa shape index (κ3) is 3.90. The van der Waals surface area contributed by atoms with E-state index in [0.717, 1.165) is 48.3 Å². The second-order valence-corrected chi connectivity index (χ2v) is 7.40. The van der Waals surface area contributed by atoms with Gasteiger partial charge in [-0.05, 0) is 35.5 Å². The summed E-state index contributed by atoms with van der Waals surface area (Å²) in [6.45, 7) is 8.34. The number of nitrogens with one attached hydrogen (secondary N) is 2. The Morgan fingerprint density at radius 2 is 1.96 bits per heavy atom. The number of hydrogen-bond acceptors (Lipinski definition) is 4.